The second-order valence-electron chi connectivity index (χ2n) is 24.5. The van der Waals surface area contributed by atoms with Crippen molar-refractivity contribution in [3.63, 3.8) is 0 Å². The van der Waals surface area contributed by atoms with Gasteiger partial charge in [-0.3, -0.25) is 76.3 Å². The Hall–Kier alpha value is -10.4. The van der Waals surface area contributed by atoms with E-state index in [1.54, 1.807) is 49.6 Å². The number of nitrogens with zero attached hydrogens (tertiary/aromatic N) is 12. The summed E-state index contributed by atoms with van der Waals surface area (Å²) in [6.07, 6.45) is 29.4. The number of aromatic nitrogens is 12. The standard InChI is InChI=1S/C12H8BrN3O2S.C12H13N3O3S.C11H11N3O3S.C11H13N3O3S.C10H12N4O3S.C8H9N3O2S/c13-10-3-1-2-8(4-10)9-6-14-16(7-9)12-5-11(17)15-19(12)18;16-10(9-2-1-3-9)4-8-6-13-15(7-8)12-5-11(17)14-19(12)18;15-9(8-1-2-8)3-7-5-12-14(6-7)11-4-10(16)13-18(11)17;1-7(2)9(15)3-8-5-12-14(6-8)11-4-10(16)13-18(11)17;1-6(2)12-10(16)7-4-11-14(5-7)9-3-8(15)13-18(9)17;1-5-3-6(2)11(9-5)8-4-7(12)10-14(8)13/h1-7H,(H,15,17);5-7,9H,1-4H2,(H,14,17);4-6,8H,1-3H2,(H,13,16);4-7H,3H2,1-2H3,(H,13,16);3-6H,1-2H3,(H,12,16)(H,13,15);3-4H,1-2H3,(H,10,12). The van der Waals surface area contributed by atoms with Crippen LogP contribution in [-0.2, 0) is 128 Å². The van der Waals surface area contributed by atoms with E-state index in [2.05, 4.69) is 80.2 Å². The van der Waals surface area contributed by atoms with Crippen LogP contribution in [-0.4, -0.2) is 149 Å². The Balaban J connectivity index is 0.000000136. The Labute approximate surface area is 626 Å². The monoisotopic (exact) mass is 1630 g/mol. The largest absolute Gasteiger partial charge is 0.350 e. The van der Waals surface area contributed by atoms with E-state index in [0.717, 1.165) is 75.8 Å². The smallest absolute Gasteiger partial charge is 0.258 e. The molecule has 15 rings (SSSR count). The number of rotatable bonds is 18. The summed E-state index contributed by atoms with van der Waals surface area (Å²) in [6, 6.07) is 9.66. The number of aryl methyl sites for hydroxylation is 2. The summed E-state index contributed by atoms with van der Waals surface area (Å²) in [7, 11) is -9.33. The summed E-state index contributed by atoms with van der Waals surface area (Å²) in [6.45, 7) is 11.1. The van der Waals surface area contributed by atoms with Crippen molar-refractivity contribution in [1.82, 2.24) is 92.3 Å². The minimum absolute atomic E-state index is 0.0175. The molecule has 7 N–H and O–H groups in total. The van der Waals surface area contributed by atoms with Crippen LogP contribution in [0.1, 0.15) is 98.2 Å². The molecule has 7 aromatic rings. The molecule has 6 unspecified atom stereocenters. The lowest BCUT2D eigenvalue weighted by molar-refractivity contribution is -0.124. The molecule has 0 saturated heterocycles. The number of carbonyl (C=O) groups excluding carboxylic acids is 10. The molecular weight excluding hydrogens is 1560 g/mol. The number of halogens is 1. The first-order valence-electron chi connectivity index (χ1n) is 32.0. The first kappa shape index (κ1) is 78.2. The maximum absolute atomic E-state index is 11.9. The summed E-state index contributed by atoms with van der Waals surface area (Å²) in [5.74, 6) is -1.63. The van der Waals surface area contributed by atoms with E-state index in [9.17, 15) is 73.2 Å². The van der Waals surface area contributed by atoms with Crippen LogP contribution >= 0.6 is 15.9 Å². The Morgan fingerprint density at radius 3 is 1.21 bits per heavy atom. The zero-order valence-electron chi connectivity index (χ0n) is 56.8. The molecule has 2 fully saturated rings. The fraction of sp³-hybridized carbons (Fsp3) is 0.281. The number of hydrogen-bond acceptors (Lipinski definition) is 22. The summed E-state index contributed by atoms with van der Waals surface area (Å²) >= 11 is 3.41. The van der Waals surface area contributed by atoms with Gasteiger partial charge in [-0.15, -0.1) is 0 Å². The maximum Gasteiger partial charge on any atom is 0.258 e. The molecule has 0 bridgehead atoms. The molecule has 2 aliphatic carbocycles. The van der Waals surface area contributed by atoms with Gasteiger partial charge in [0.1, 0.15) is 17.3 Å². The third-order valence-corrected chi connectivity index (χ3v) is 22.4. The van der Waals surface area contributed by atoms with Crippen molar-refractivity contribution in [2.24, 2.45) is 17.8 Å². The molecule has 1 aromatic carbocycles. The predicted molar refractivity (Wildman–Crippen MR) is 393 cm³/mol. The third-order valence-electron chi connectivity index (χ3n) is 15.5. The molecule has 2 saturated carbocycles. The van der Waals surface area contributed by atoms with Gasteiger partial charge in [0.15, 0.2) is 96.1 Å². The van der Waals surface area contributed by atoms with Crippen LogP contribution in [0.3, 0.4) is 0 Å². The molecule has 12 heterocycles. The number of benzene rings is 1. The van der Waals surface area contributed by atoms with Gasteiger partial charge in [-0.25, -0.2) is 53.3 Å². The maximum atomic E-state index is 11.9. The van der Waals surface area contributed by atoms with E-state index in [0.29, 0.717) is 44.9 Å². The Morgan fingerprint density at radius 1 is 0.481 bits per heavy atom. The molecule has 0 radical (unpaired) electrons. The summed E-state index contributed by atoms with van der Waals surface area (Å²) in [4.78, 5) is 113. The number of amides is 7. The van der Waals surface area contributed by atoms with Crippen LogP contribution < -0.4 is 33.6 Å². The highest BCUT2D eigenvalue weighted by molar-refractivity contribution is 9.10. The molecule has 42 heteroatoms. The molecule has 35 nitrogen and oxygen atoms in total. The number of ketones is 3. The van der Waals surface area contributed by atoms with Crippen molar-refractivity contribution < 1.29 is 73.2 Å². The van der Waals surface area contributed by atoms with Crippen LogP contribution in [0.15, 0.2) is 133 Å². The van der Waals surface area contributed by atoms with Crippen LogP contribution in [0.25, 0.3) is 41.3 Å². The third kappa shape index (κ3) is 20.6. The van der Waals surface area contributed by atoms with Crippen LogP contribution in [0.5, 0.6) is 0 Å². The van der Waals surface area contributed by atoms with E-state index >= 15 is 0 Å². The zero-order valence-corrected chi connectivity index (χ0v) is 63.3. The molecule has 6 atom stereocenters. The predicted octanol–water partition coefficient (Wildman–Crippen LogP) is 2.24. The molecule has 8 aliphatic rings. The Bertz CT molecular complexity index is 5000. The number of Topliss-reactive ketones (excluding diaryl/α,β-unsaturated/α-hetero) is 3. The minimum Gasteiger partial charge on any atom is -0.350 e. The van der Waals surface area contributed by atoms with E-state index in [1.807, 2.05) is 71.9 Å². The van der Waals surface area contributed by atoms with Gasteiger partial charge in [-0.05, 0) is 93.8 Å². The lowest BCUT2D eigenvalue weighted by Crippen LogP contribution is -2.29. The van der Waals surface area contributed by atoms with E-state index in [-0.39, 0.29) is 68.9 Å². The SMILES string of the molecule is CC(C)C(=O)Cc1cnn(C2=CC(=O)NS2=O)c1.CC(C)NC(=O)c1cnn(C2=CC(=O)NS2=O)c1.Cc1cc(C)n(C2=CC(=O)NS2=O)n1.O=C1C=C(n2cc(-c3cccc(Br)c3)cn2)S(=O)N1.O=C1C=C(n2cc(CC(=O)C3CC3)cn2)S(=O)N1.O=C1C=C(n2cc(CC(=O)C3CCC3)cn2)S(=O)N1. The van der Waals surface area contributed by atoms with Crippen molar-refractivity contribution in [2.45, 2.75) is 99.0 Å². The van der Waals surface area contributed by atoms with Gasteiger partial charge < -0.3 is 5.32 Å². The summed E-state index contributed by atoms with van der Waals surface area (Å²) in [5, 5.41) is 28.8. The fourth-order valence-electron chi connectivity index (χ4n) is 9.89. The topological polar surface area (TPSA) is 464 Å². The summed E-state index contributed by atoms with van der Waals surface area (Å²) < 4.78 is 92.0. The summed E-state index contributed by atoms with van der Waals surface area (Å²) in [5.41, 5.74) is 6.23. The quantitative estimate of drug-likeness (QED) is 0.0647. The van der Waals surface area contributed by atoms with Gasteiger partial charge in [-0.2, -0.15) is 30.6 Å². The van der Waals surface area contributed by atoms with Gasteiger partial charge in [0.2, 0.25) is 0 Å². The molecule has 6 aliphatic heterocycles. The molecule has 556 valence electrons. The number of hydrogen-bond donors (Lipinski definition) is 7. The molecule has 6 aromatic heterocycles. The van der Waals surface area contributed by atoms with E-state index < -0.39 is 89.5 Å². The van der Waals surface area contributed by atoms with Crippen LogP contribution in [0.4, 0.5) is 0 Å². The molecule has 7 amide bonds. The average Bonchev–Trinajstić information content (AvgIpc) is 1.69. The Morgan fingerprint density at radius 2 is 0.858 bits per heavy atom. The van der Waals surface area contributed by atoms with Crippen molar-refractivity contribution in [3.05, 3.63) is 167 Å². The van der Waals surface area contributed by atoms with Gasteiger partial charge >= 0.3 is 0 Å². The van der Waals surface area contributed by atoms with Crippen molar-refractivity contribution >= 4 is 171 Å². The Kier molecular flexibility index (Phi) is 25.6. The molecule has 0 spiro atoms. The van der Waals surface area contributed by atoms with Gasteiger partial charge in [0.25, 0.3) is 41.4 Å². The van der Waals surface area contributed by atoms with E-state index in [1.165, 1.54) is 76.9 Å². The second kappa shape index (κ2) is 34.7. The first-order valence-corrected chi connectivity index (χ1v) is 39.7. The zero-order chi connectivity index (χ0) is 76.4. The van der Waals surface area contributed by atoms with Crippen molar-refractivity contribution in [3.8, 4) is 11.1 Å². The first-order chi connectivity index (χ1) is 50.4. The van der Waals surface area contributed by atoms with Crippen molar-refractivity contribution in [2.75, 3.05) is 0 Å². The lowest BCUT2D eigenvalue weighted by Gasteiger charge is -2.23. The van der Waals surface area contributed by atoms with E-state index in [4.69, 9.17) is 0 Å². The number of nitrogens with one attached hydrogen (secondary N) is 7. The van der Waals surface area contributed by atoms with Crippen molar-refractivity contribution in [1.29, 1.82) is 0 Å². The highest BCUT2D eigenvalue weighted by atomic mass is 79.9. The second-order valence-corrected chi connectivity index (χ2v) is 32.4. The lowest BCUT2D eigenvalue weighted by atomic mass is 9.80. The van der Waals surface area contributed by atoms with Gasteiger partial charge in [0, 0.05) is 126 Å². The average molecular weight is 1630 g/mol. The molecule has 106 heavy (non-hydrogen) atoms. The highest BCUT2D eigenvalue weighted by Crippen LogP contribution is 2.32. The van der Waals surface area contributed by atoms with Crippen LogP contribution in [0.2, 0.25) is 0 Å². The minimum atomic E-state index is -1.62. The van der Waals surface area contributed by atoms with Gasteiger partial charge in [-0.1, -0.05) is 48.3 Å². The fourth-order valence-corrected chi connectivity index (χ4v) is 15.3. The number of carbonyl (C=O) groups is 10. The van der Waals surface area contributed by atoms with Crippen LogP contribution in [0, 0.1) is 31.6 Å². The normalized spacial score (nSPS) is 20.4. The van der Waals surface area contributed by atoms with Gasteiger partial charge in [0.05, 0.1) is 42.2 Å². The molecular formula is C64H66BrN19O16S6. The highest BCUT2D eigenvalue weighted by Gasteiger charge is 2.32.